The Kier molecular flexibility index (Phi) is 5.20. The van der Waals surface area contributed by atoms with Crippen molar-refractivity contribution in [1.29, 1.82) is 0 Å². The maximum Gasteiger partial charge on any atom is 0.151 e. The zero-order valence-corrected chi connectivity index (χ0v) is 12.3. The van der Waals surface area contributed by atoms with Crippen LogP contribution in [0.15, 0.2) is 0 Å². The highest BCUT2D eigenvalue weighted by Crippen LogP contribution is 2.36. The zero-order valence-electron chi connectivity index (χ0n) is 11.5. The highest BCUT2D eigenvalue weighted by molar-refractivity contribution is 7.99. The number of thioether (sulfide) groups is 1. The van der Waals surface area contributed by atoms with Gasteiger partial charge in [0.25, 0.3) is 0 Å². The van der Waals surface area contributed by atoms with E-state index in [0.717, 1.165) is 12.2 Å². The standard InChI is InChI=1S/C15H22O3S/c1-2-4-12(16)15-13(17)7-11(8-14(15)18)10-5-3-6-19-9-10/h10-11,15H,2-9H2,1H3. The van der Waals surface area contributed by atoms with Crippen molar-refractivity contribution in [1.82, 2.24) is 0 Å². The van der Waals surface area contributed by atoms with Crippen LogP contribution in [0.1, 0.15) is 45.4 Å². The van der Waals surface area contributed by atoms with Crippen molar-refractivity contribution in [2.24, 2.45) is 17.8 Å². The number of carbonyl (C=O) groups is 3. The van der Waals surface area contributed by atoms with Crippen LogP contribution in [0, 0.1) is 17.8 Å². The van der Waals surface area contributed by atoms with Gasteiger partial charge in [-0.1, -0.05) is 6.92 Å². The molecule has 4 heteroatoms. The molecule has 1 heterocycles. The first kappa shape index (κ1) is 14.8. The summed E-state index contributed by atoms with van der Waals surface area (Å²) < 4.78 is 0. The van der Waals surface area contributed by atoms with Crippen molar-refractivity contribution in [3.63, 3.8) is 0 Å². The van der Waals surface area contributed by atoms with E-state index in [2.05, 4.69) is 0 Å². The van der Waals surface area contributed by atoms with E-state index in [0.29, 0.717) is 31.6 Å². The zero-order chi connectivity index (χ0) is 13.8. The average molecular weight is 282 g/mol. The molecular weight excluding hydrogens is 260 g/mol. The van der Waals surface area contributed by atoms with Crippen LogP contribution in [0.2, 0.25) is 0 Å². The molecule has 0 aromatic heterocycles. The third kappa shape index (κ3) is 3.47. The second-order valence-electron chi connectivity index (χ2n) is 5.73. The van der Waals surface area contributed by atoms with Crippen LogP contribution >= 0.6 is 11.8 Å². The molecule has 19 heavy (non-hydrogen) atoms. The lowest BCUT2D eigenvalue weighted by Crippen LogP contribution is -2.41. The van der Waals surface area contributed by atoms with Gasteiger partial charge in [-0.05, 0) is 42.6 Å². The first-order valence-electron chi connectivity index (χ1n) is 7.29. The summed E-state index contributed by atoms with van der Waals surface area (Å²) in [7, 11) is 0. The van der Waals surface area contributed by atoms with E-state index in [1.807, 2.05) is 18.7 Å². The van der Waals surface area contributed by atoms with Crippen molar-refractivity contribution >= 4 is 29.1 Å². The van der Waals surface area contributed by atoms with Gasteiger partial charge in [0.1, 0.15) is 5.92 Å². The molecule has 0 radical (unpaired) electrons. The number of ketones is 3. The Hall–Kier alpha value is -0.640. The van der Waals surface area contributed by atoms with E-state index >= 15 is 0 Å². The van der Waals surface area contributed by atoms with Gasteiger partial charge in [0.2, 0.25) is 0 Å². The summed E-state index contributed by atoms with van der Waals surface area (Å²) in [5, 5.41) is 0. The molecule has 1 saturated carbocycles. The molecular formula is C15H22O3S. The van der Waals surface area contributed by atoms with Gasteiger partial charge < -0.3 is 0 Å². The number of rotatable bonds is 4. The number of carbonyl (C=O) groups excluding carboxylic acids is 3. The van der Waals surface area contributed by atoms with Gasteiger partial charge in [-0.25, -0.2) is 0 Å². The van der Waals surface area contributed by atoms with Gasteiger partial charge in [-0.15, -0.1) is 0 Å². The van der Waals surface area contributed by atoms with Crippen molar-refractivity contribution < 1.29 is 14.4 Å². The molecule has 0 N–H and O–H groups in total. The van der Waals surface area contributed by atoms with Crippen LogP contribution in [-0.2, 0) is 14.4 Å². The molecule has 2 rings (SSSR count). The van der Waals surface area contributed by atoms with E-state index in [1.165, 1.54) is 12.2 Å². The Labute approximate surface area is 118 Å². The Morgan fingerprint density at radius 1 is 1.21 bits per heavy atom. The minimum atomic E-state index is -0.924. The van der Waals surface area contributed by atoms with Gasteiger partial charge in [0, 0.05) is 19.3 Å². The summed E-state index contributed by atoms with van der Waals surface area (Å²) in [6.07, 6.45) is 4.26. The van der Waals surface area contributed by atoms with Gasteiger partial charge in [-0.3, -0.25) is 14.4 Å². The van der Waals surface area contributed by atoms with Gasteiger partial charge in [0.15, 0.2) is 17.3 Å². The Morgan fingerprint density at radius 3 is 2.42 bits per heavy atom. The lowest BCUT2D eigenvalue weighted by molar-refractivity contribution is -0.144. The minimum Gasteiger partial charge on any atom is -0.298 e. The molecule has 0 bridgehead atoms. The predicted molar refractivity (Wildman–Crippen MR) is 76.2 cm³/mol. The van der Waals surface area contributed by atoms with Gasteiger partial charge >= 0.3 is 0 Å². The fourth-order valence-corrected chi connectivity index (χ4v) is 4.50. The second kappa shape index (κ2) is 6.69. The van der Waals surface area contributed by atoms with E-state index in [4.69, 9.17) is 0 Å². The monoisotopic (exact) mass is 282 g/mol. The van der Waals surface area contributed by atoms with E-state index < -0.39 is 5.92 Å². The smallest absolute Gasteiger partial charge is 0.151 e. The number of hydrogen-bond acceptors (Lipinski definition) is 4. The van der Waals surface area contributed by atoms with Gasteiger partial charge in [0.05, 0.1) is 0 Å². The van der Waals surface area contributed by atoms with Crippen molar-refractivity contribution in [3.8, 4) is 0 Å². The third-order valence-corrected chi connectivity index (χ3v) is 5.49. The molecule has 1 aliphatic heterocycles. The highest BCUT2D eigenvalue weighted by atomic mass is 32.2. The van der Waals surface area contributed by atoms with Crippen molar-refractivity contribution in [2.45, 2.75) is 45.4 Å². The Balaban J connectivity index is 1.99. The third-order valence-electron chi connectivity index (χ3n) is 4.25. The highest BCUT2D eigenvalue weighted by Gasteiger charge is 2.41. The van der Waals surface area contributed by atoms with Crippen LogP contribution in [0.5, 0.6) is 0 Å². The number of hydrogen-bond donors (Lipinski definition) is 0. The molecule has 106 valence electrons. The topological polar surface area (TPSA) is 51.2 Å². The molecule has 1 saturated heterocycles. The van der Waals surface area contributed by atoms with E-state index in [9.17, 15) is 14.4 Å². The summed E-state index contributed by atoms with van der Waals surface area (Å²) in [5.41, 5.74) is 0. The van der Waals surface area contributed by atoms with Crippen LogP contribution in [0.25, 0.3) is 0 Å². The number of Topliss-reactive ketones (excluding diaryl/α,β-unsaturated/α-hetero) is 3. The summed E-state index contributed by atoms with van der Waals surface area (Å²) >= 11 is 1.92. The lowest BCUT2D eigenvalue weighted by atomic mass is 9.72. The second-order valence-corrected chi connectivity index (χ2v) is 6.88. The summed E-state index contributed by atoms with van der Waals surface area (Å²) in [6.45, 7) is 1.90. The maximum atomic E-state index is 12.1. The largest absolute Gasteiger partial charge is 0.298 e. The van der Waals surface area contributed by atoms with E-state index in [1.54, 1.807) is 0 Å². The Morgan fingerprint density at radius 2 is 1.89 bits per heavy atom. The SMILES string of the molecule is CCCC(=O)C1C(=O)CC(C2CCCSC2)CC1=O. The van der Waals surface area contributed by atoms with Crippen LogP contribution < -0.4 is 0 Å². The minimum absolute atomic E-state index is 0.115. The van der Waals surface area contributed by atoms with Crippen molar-refractivity contribution in [3.05, 3.63) is 0 Å². The molecule has 1 aliphatic carbocycles. The first-order chi connectivity index (χ1) is 9.13. The van der Waals surface area contributed by atoms with Crippen LogP contribution in [-0.4, -0.2) is 28.9 Å². The summed E-state index contributed by atoms with van der Waals surface area (Å²) in [6, 6.07) is 0. The fraction of sp³-hybridized carbons (Fsp3) is 0.800. The predicted octanol–water partition coefficient (Wildman–Crippen LogP) is 2.66. The molecule has 1 atom stereocenters. The molecule has 0 amide bonds. The average Bonchev–Trinajstić information content (AvgIpc) is 2.39. The molecule has 3 nitrogen and oxygen atoms in total. The summed E-state index contributed by atoms with van der Waals surface area (Å²) in [4.78, 5) is 36.1. The van der Waals surface area contributed by atoms with Crippen LogP contribution in [0.4, 0.5) is 0 Å². The van der Waals surface area contributed by atoms with Crippen LogP contribution in [0.3, 0.4) is 0 Å². The van der Waals surface area contributed by atoms with Crippen molar-refractivity contribution in [2.75, 3.05) is 11.5 Å². The molecule has 0 spiro atoms. The molecule has 2 aliphatic rings. The molecule has 1 unspecified atom stereocenters. The quantitative estimate of drug-likeness (QED) is 0.744. The Bertz CT molecular complexity index is 354. The summed E-state index contributed by atoms with van der Waals surface area (Å²) in [5.74, 6) is 1.64. The normalized spacial score (nSPS) is 32.4. The molecule has 2 fully saturated rings. The van der Waals surface area contributed by atoms with Gasteiger partial charge in [-0.2, -0.15) is 11.8 Å². The molecule has 0 aromatic carbocycles. The maximum absolute atomic E-state index is 12.1. The lowest BCUT2D eigenvalue weighted by Gasteiger charge is -2.33. The first-order valence-corrected chi connectivity index (χ1v) is 8.44. The molecule has 0 aromatic rings. The van der Waals surface area contributed by atoms with E-state index in [-0.39, 0.29) is 23.3 Å². The fourth-order valence-electron chi connectivity index (χ4n) is 3.22.